The summed E-state index contributed by atoms with van der Waals surface area (Å²) in [7, 11) is 0. The smallest absolute Gasteiger partial charge is 0.277 e. The number of nitrogens with zero attached hydrogens (tertiary/aromatic N) is 2. The standard InChI is InChI=1S/C15H10FIN2OS/c16-12-5-3-11(4-6-12)14-18-19-15(20-14)21-9-10-1-7-13(17)8-2-10/h1-8H,9H2. The van der Waals surface area contributed by atoms with Crippen LogP contribution in [0.5, 0.6) is 0 Å². The van der Waals surface area contributed by atoms with E-state index in [1.165, 1.54) is 33.0 Å². The van der Waals surface area contributed by atoms with Crippen LogP contribution in [0.4, 0.5) is 4.39 Å². The first-order valence-electron chi connectivity index (χ1n) is 6.17. The Kier molecular flexibility index (Phi) is 4.54. The van der Waals surface area contributed by atoms with Crippen molar-refractivity contribution in [2.24, 2.45) is 0 Å². The van der Waals surface area contributed by atoms with E-state index >= 15 is 0 Å². The highest BCUT2D eigenvalue weighted by Crippen LogP contribution is 2.26. The van der Waals surface area contributed by atoms with Gasteiger partial charge in [0.15, 0.2) is 0 Å². The number of aromatic nitrogens is 2. The topological polar surface area (TPSA) is 38.9 Å². The highest BCUT2D eigenvalue weighted by molar-refractivity contribution is 14.1. The van der Waals surface area contributed by atoms with Crippen LogP contribution in [0.3, 0.4) is 0 Å². The van der Waals surface area contributed by atoms with Crippen LogP contribution in [0.15, 0.2) is 58.2 Å². The minimum absolute atomic E-state index is 0.286. The first kappa shape index (κ1) is 14.5. The van der Waals surface area contributed by atoms with E-state index in [4.69, 9.17) is 4.42 Å². The van der Waals surface area contributed by atoms with Crippen molar-refractivity contribution in [3.8, 4) is 11.5 Å². The molecule has 0 saturated heterocycles. The molecule has 1 aromatic heterocycles. The summed E-state index contributed by atoms with van der Waals surface area (Å²) in [6.07, 6.45) is 0. The summed E-state index contributed by atoms with van der Waals surface area (Å²) in [5, 5.41) is 8.49. The van der Waals surface area contributed by atoms with E-state index in [0.29, 0.717) is 16.7 Å². The van der Waals surface area contributed by atoms with Crippen LogP contribution in [0.2, 0.25) is 0 Å². The molecular formula is C15H10FIN2OS. The van der Waals surface area contributed by atoms with Crippen LogP contribution < -0.4 is 0 Å². The molecule has 0 aliphatic heterocycles. The molecule has 0 fully saturated rings. The van der Waals surface area contributed by atoms with E-state index in [1.54, 1.807) is 12.1 Å². The predicted molar refractivity (Wildman–Crippen MR) is 88.4 cm³/mol. The highest BCUT2D eigenvalue weighted by Gasteiger charge is 2.09. The fraction of sp³-hybridized carbons (Fsp3) is 0.0667. The van der Waals surface area contributed by atoms with Gasteiger partial charge in [-0.3, -0.25) is 0 Å². The summed E-state index contributed by atoms with van der Waals surface area (Å²) in [6, 6.07) is 14.3. The van der Waals surface area contributed by atoms with Crippen molar-refractivity contribution in [3.63, 3.8) is 0 Å². The summed E-state index contributed by atoms with van der Waals surface area (Å²) in [6.45, 7) is 0. The molecule has 6 heteroatoms. The van der Waals surface area contributed by atoms with Gasteiger partial charge in [-0.05, 0) is 64.6 Å². The molecule has 106 valence electrons. The predicted octanol–water partition coefficient (Wildman–Crippen LogP) is 4.77. The van der Waals surface area contributed by atoms with Crippen molar-refractivity contribution in [1.82, 2.24) is 10.2 Å². The maximum atomic E-state index is 12.9. The van der Waals surface area contributed by atoms with Crippen LogP contribution in [-0.4, -0.2) is 10.2 Å². The molecule has 0 amide bonds. The van der Waals surface area contributed by atoms with Gasteiger partial charge in [-0.15, -0.1) is 10.2 Å². The Morgan fingerprint density at radius 3 is 2.43 bits per heavy atom. The van der Waals surface area contributed by atoms with Gasteiger partial charge in [0, 0.05) is 14.9 Å². The third-order valence-corrected chi connectivity index (χ3v) is 4.38. The van der Waals surface area contributed by atoms with E-state index in [-0.39, 0.29) is 5.82 Å². The van der Waals surface area contributed by atoms with Crippen molar-refractivity contribution in [1.29, 1.82) is 0 Å². The molecule has 21 heavy (non-hydrogen) atoms. The van der Waals surface area contributed by atoms with Crippen molar-refractivity contribution >= 4 is 34.4 Å². The SMILES string of the molecule is Fc1ccc(-c2nnc(SCc3ccc(I)cc3)o2)cc1. The van der Waals surface area contributed by atoms with Gasteiger partial charge in [-0.2, -0.15) is 0 Å². The van der Waals surface area contributed by atoms with Crippen molar-refractivity contribution < 1.29 is 8.81 Å². The number of thioether (sulfide) groups is 1. The maximum Gasteiger partial charge on any atom is 0.277 e. The summed E-state index contributed by atoms with van der Waals surface area (Å²) in [5.74, 6) is 0.883. The first-order chi connectivity index (χ1) is 10.2. The lowest BCUT2D eigenvalue weighted by Crippen LogP contribution is -1.81. The van der Waals surface area contributed by atoms with Crippen molar-refractivity contribution in [2.75, 3.05) is 0 Å². The van der Waals surface area contributed by atoms with Gasteiger partial charge in [0.05, 0.1) is 0 Å². The zero-order chi connectivity index (χ0) is 14.7. The van der Waals surface area contributed by atoms with Crippen LogP contribution >= 0.6 is 34.4 Å². The molecule has 3 rings (SSSR count). The fourth-order valence-corrected chi connectivity index (χ4v) is 2.78. The highest BCUT2D eigenvalue weighted by atomic mass is 127. The lowest BCUT2D eigenvalue weighted by Gasteiger charge is -1.98. The molecule has 0 aliphatic rings. The minimum atomic E-state index is -0.286. The number of rotatable bonds is 4. The van der Waals surface area contributed by atoms with E-state index in [1.807, 2.05) is 0 Å². The van der Waals surface area contributed by atoms with Crippen LogP contribution in [0, 0.1) is 9.39 Å². The molecule has 0 spiro atoms. The minimum Gasteiger partial charge on any atom is -0.411 e. The lowest BCUT2D eigenvalue weighted by molar-refractivity contribution is 0.465. The molecule has 2 aromatic carbocycles. The molecule has 0 atom stereocenters. The second-order valence-electron chi connectivity index (χ2n) is 4.30. The third kappa shape index (κ3) is 3.82. The van der Waals surface area contributed by atoms with Gasteiger partial charge in [-0.25, -0.2) is 4.39 Å². The molecule has 0 bridgehead atoms. The quantitative estimate of drug-likeness (QED) is 0.457. The van der Waals surface area contributed by atoms with Gasteiger partial charge in [0.1, 0.15) is 5.82 Å². The normalized spacial score (nSPS) is 10.8. The van der Waals surface area contributed by atoms with Crippen LogP contribution in [-0.2, 0) is 5.75 Å². The molecule has 0 saturated carbocycles. The number of benzene rings is 2. The Labute approximate surface area is 139 Å². The van der Waals surface area contributed by atoms with E-state index in [0.717, 1.165) is 5.75 Å². The molecule has 3 nitrogen and oxygen atoms in total. The Bertz CT molecular complexity index is 728. The van der Waals surface area contributed by atoms with E-state index < -0.39 is 0 Å². The Balaban J connectivity index is 1.67. The van der Waals surface area contributed by atoms with E-state index in [9.17, 15) is 4.39 Å². The van der Waals surface area contributed by atoms with Gasteiger partial charge in [0.25, 0.3) is 5.22 Å². The third-order valence-electron chi connectivity index (χ3n) is 2.77. The average molecular weight is 412 g/mol. The molecule has 0 N–H and O–H groups in total. The first-order valence-corrected chi connectivity index (χ1v) is 8.24. The zero-order valence-electron chi connectivity index (χ0n) is 10.8. The largest absolute Gasteiger partial charge is 0.411 e. The monoisotopic (exact) mass is 412 g/mol. The Morgan fingerprint density at radius 1 is 1.00 bits per heavy atom. The van der Waals surface area contributed by atoms with Gasteiger partial charge >= 0.3 is 0 Å². The van der Waals surface area contributed by atoms with Crippen LogP contribution in [0.1, 0.15) is 5.56 Å². The zero-order valence-corrected chi connectivity index (χ0v) is 13.8. The summed E-state index contributed by atoms with van der Waals surface area (Å²) >= 11 is 3.76. The van der Waals surface area contributed by atoms with Crippen molar-refractivity contribution in [2.45, 2.75) is 11.0 Å². The molecular weight excluding hydrogens is 402 g/mol. The van der Waals surface area contributed by atoms with Crippen LogP contribution in [0.25, 0.3) is 11.5 Å². The summed E-state index contributed by atoms with van der Waals surface area (Å²) in [5.41, 5.74) is 1.91. The Hall–Kier alpha value is -1.41. The molecule has 3 aromatic rings. The molecule has 0 radical (unpaired) electrons. The summed E-state index contributed by atoms with van der Waals surface area (Å²) in [4.78, 5) is 0. The molecule has 0 aliphatic carbocycles. The van der Waals surface area contributed by atoms with E-state index in [2.05, 4.69) is 57.1 Å². The number of hydrogen-bond donors (Lipinski definition) is 0. The maximum absolute atomic E-state index is 12.9. The summed E-state index contributed by atoms with van der Waals surface area (Å²) < 4.78 is 19.7. The number of halogens is 2. The van der Waals surface area contributed by atoms with Gasteiger partial charge in [0.2, 0.25) is 5.89 Å². The molecule has 1 heterocycles. The second kappa shape index (κ2) is 6.57. The second-order valence-corrected chi connectivity index (χ2v) is 6.47. The Morgan fingerprint density at radius 2 is 1.71 bits per heavy atom. The van der Waals surface area contributed by atoms with Gasteiger partial charge < -0.3 is 4.42 Å². The fourth-order valence-electron chi connectivity index (χ4n) is 1.70. The van der Waals surface area contributed by atoms with Gasteiger partial charge in [-0.1, -0.05) is 23.9 Å². The average Bonchev–Trinajstić information content (AvgIpc) is 2.96. The lowest BCUT2D eigenvalue weighted by atomic mass is 10.2. The molecule has 0 unspecified atom stereocenters. The number of hydrogen-bond acceptors (Lipinski definition) is 4. The van der Waals surface area contributed by atoms with Crippen molar-refractivity contribution in [3.05, 3.63) is 63.5 Å².